The number of sulfone groups is 1. The average Bonchev–Trinajstić information content (AvgIpc) is 2.14. The molecule has 0 saturated carbocycles. The molecule has 0 aliphatic carbocycles. The van der Waals surface area contributed by atoms with Gasteiger partial charge in [0.2, 0.25) is 0 Å². The smallest absolute Gasteiger partial charge is 0.151 e. The minimum absolute atomic E-state index is 0.108. The lowest BCUT2D eigenvalue weighted by atomic mass is 10.1. The van der Waals surface area contributed by atoms with Gasteiger partial charge in [0.1, 0.15) is 0 Å². The van der Waals surface area contributed by atoms with Crippen molar-refractivity contribution in [3.63, 3.8) is 0 Å². The fourth-order valence-electron chi connectivity index (χ4n) is 1.68. The first kappa shape index (κ1) is 14.9. The molecule has 0 aliphatic rings. The van der Waals surface area contributed by atoms with E-state index in [-0.39, 0.29) is 11.3 Å². The summed E-state index contributed by atoms with van der Waals surface area (Å²) in [4.78, 5) is 0. The second-order valence-electron chi connectivity index (χ2n) is 4.19. The lowest BCUT2D eigenvalue weighted by molar-refractivity contribution is 0.451. The highest BCUT2D eigenvalue weighted by molar-refractivity contribution is 7.91. The van der Waals surface area contributed by atoms with Crippen LogP contribution in [0.15, 0.2) is 0 Å². The Balaban J connectivity index is 4.25. The molecule has 2 unspecified atom stereocenters. The van der Waals surface area contributed by atoms with Gasteiger partial charge in [-0.05, 0) is 19.9 Å². The third kappa shape index (κ3) is 6.15. The number of nitrogens with one attached hydrogen (secondary N) is 1. The van der Waals surface area contributed by atoms with Crippen molar-refractivity contribution < 1.29 is 8.42 Å². The van der Waals surface area contributed by atoms with Crippen LogP contribution in [-0.4, -0.2) is 32.5 Å². The third-order valence-corrected chi connectivity index (χ3v) is 4.51. The van der Waals surface area contributed by atoms with Crippen molar-refractivity contribution in [3.8, 4) is 0 Å². The molecule has 4 heteroatoms. The lowest BCUT2D eigenvalue weighted by Gasteiger charge is -2.23. The van der Waals surface area contributed by atoms with E-state index in [1.165, 1.54) is 19.1 Å². The average molecular weight is 235 g/mol. The second kappa shape index (κ2) is 7.23. The molecular formula is C11H25NO2S. The van der Waals surface area contributed by atoms with Crippen LogP contribution in [0.4, 0.5) is 0 Å². The highest BCUT2D eigenvalue weighted by Gasteiger charge is 2.24. The molecule has 0 fully saturated rings. The van der Waals surface area contributed by atoms with Crippen LogP contribution in [0.1, 0.15) is 46.5 Å². The molecule has 15 heavy (non-hydrogen) atoms. The monoisotopic (exact) mass is 235 g/mol. The summed E-state index contributed by atoms with van der Waals surface area (Å²) in [6, 6.07) is 0.108. The molecule has 0 amide bonds. The summed E-state index contributed by atoms with van der Waals surface area (Å²) in [6.45, 7) is 6.80. The fraction of sp³-hybridized carbons (Fsp3) is 1.00. The van der Waals surface area contributed by atoms with E-state index >= 15 is 0 Å². The largest absolute Gasteiger partial charge is 0.313 e. The van der Waals surface area contributed by atoms with Gasteiger partial charge in [0, 0.05) is 12.3 Å². The summed E-state index contributed by atoms with van der Waals surface area (Å²) >= 11 is 0. The zero-order chi connectivity index (χ0) is 11.9. The number of unbranched alkanes of at least 4 members (excludes halogenated alkanes) is 2. The SMILES string of the molecule is CCCCCC(NCC)C(C)S(C)(=O)=O. The molecule has 92 valence electrons. The van der Waals surface area contributed by atoms with Crippen molar-refractivity contribution in [1.82, 2.24) is 5.32 Å². The zero-order valence-electron chi connectivity index (χ0n) is 10.4. The molecule has 0 bridgehead atoms. The topological polar surface area (TPSA) is 46.2 Å². The molecule has 0 aromatic rings. The second-order valence-corrected chi connectivity index (χ2v) is 6.60. The van der Waals surface area contributed by atoms with Crippen LogP contribution >= 0.6 is 0 Å². The van der Waals surface area contributed by atoms with Crippen molar-refractivity contribution >= 4 is 9.84 Å². The molecule has 0 aromatic heterocycles. The van der Waals surface area contributed by atoms with E-state index in [0.717, 1.165) is 19.4 Å². The van der Waals surface area contributed by atoms with E-state index in [0.29, 0.717) is 0 Å². The van der Waals surface area contributed by atoms with Gasteiger partial charge in [-0.2, -0.15) is 0 Å². The van der Waals surface area contributed by atoms with Gasteiger partial charge in [-0.1, -0.05) is 33.1 Å². The zero-order valence-corrected chi connectivity index (χ0v) is 11.2. The van der Waals surface area contributed by atoms with Crippen LogP contribution in [-0.2, 0) is 9.84 Å². The van der Waals surface area contributed by atoms with Gasteiger partial charge in [-0.15, -0.1) is 0 Å². The van der Waals surface area contributed by atoms with E-state index in [9.17, 15) is 8.42 Å². The molecule has 0 radical (unpaired) electrons. The number of rotatable bonds is 8. The summed E-state index contributed by atoms with van der Waals surface area (Å²) in [7, 11) is -2.92. The van der Waals surface area contributed by atoms with Gasteiger partial charge in [0.05, 0.1) is 5.25 Å². The Labute approximate surface area is 94.6 Å². The summed E-state index contributed by atoms with van der Waals surface area (Å²) < 4.78 is 22.9. The van der Waals surface area contributed by atoms with Gasteiger partial charge in [0.15, 0.2) is 9.84 Å². The Morgan fingerprint density at radius 3 is 2.20 bits per heavy atom. The minimum atomic E-state index is -2.92. The van der Waals surface area contributed by atoms with Crippen molar-refractivity contribution in [2.45, 2.75) is 57.7 Å². The van der Waals surface area contributed by atoms with Crippen molar-refractivity contribution in [2.75, 3.05) is 12.8 Å². The Kier molecular flexibility index (Phi) is 7.18. The van der Waals surface area contributed by atoms with Crippen LogP contribution in [0, 0.1) is 0 Å². The first-order valence-corrected chi connectivity index (χ1v) is 7.81. The molecule has 2 atom stereocenters. The van der Waals surface area contributed by atoms with Gasteiger partial charge >= 0.3 is 0 Å². The molecule has 0 heterocycles. The van der Waals surface area contributed by atoms with Crippen molar-refractivity contribution in [2.24, 2.45) is 0 Å². The van der Waals surface area contributed by atoms with Crippen LogP contribution in [0.5, 0.6) is 0 Å². The van der Waals surface area contributed by atoms with Crippen LogP contribution in [0.25, 0.3) is 0 Å². The van der Waals surface area contributed by atoms with E-state index < -0.39 is 9.84 Å². The van der Waals surface area contributed by atoms with Gasteiger partial charge in [-0.25, -0.2) is 8.42 Å². The quantitative estimate of drug-likeness (QED) is 0.654. The Morgan fingerprint density at radius 2 is 1.80 bits per heavy atom. The minimum Gasteiger partial charge on any atom is -0.313 e. The molecule has 0 aromatic carbocycles. The van der Waals surface area contributed by atoms with Crippen LogP contribution < -0.4 is 5.32 Å². The molecule has 3 nitrogen and oxygen atoms in total. The Morgan fingerprint density at radius 1 is 1.20 bits per heavy atom. The number of hydrogen-bond acceptors (Lipinski definition) is 3. The molecule has 0 aliphatic heterocycles. The first-order valence-electron chi connectivity index (χ1n) is 5.85. The predicted molar refractivity (Wildman–Crippen MR) is 65.9 cm³/mol. The molecule has 0 saturated heterocycles. The number of hydrogen-bond donors (Lipinski definition) is 1. The molecule has 1 N–H and O–H groups in total. The standard InChI is InChI=1S/C11H25NO2S/c1-5-7-8-9-11(12-6-2)10(3)15(4,13)14/h10-12H,5-9H2,1-4H3. The van der Waals surface area contributed by atoms with Gasteiger partial charge in [0.25, 0.3) is 0 Å². The fourth-order valence-corrected chi connectivity index (χ4v) is 2.51. The normalized spacial score (nSPS) is 16.3. The highest BCUT2D eigenvalue weighted by Crippen LogP contribution is 2.12. The van der Waals surface area contributed by atoms with E-state index in [2.05, 4.69) is 12.2 Å². The predicted octanol–water partition coefficient (Wildman–Crippen LogP) is 1.98. The van der Waals surface area contributed by atoms with E-state index in [4.69, 9.17) is 0 Å². The third-order valence-electron chi connectivity index (χ3n) is 2.83. The van der Waals surface area contributed by atoms with E-state index in [1.54, 1.807) is 6.92 Å². The van der Waals surface area contributed by atoms with Crippen LogP contribution in [0.2, 0.25) is 0 Å². The molecule has 0 spiro atoms. The van der Waals surface area contributed by atoms with Crippen molar-refractivity contribution in [3.05, 3.63) is 0 Å². The molecule has 0 rings (SSSR count). The summed E-state index contributed by atoms with van der Waals surface area (Å²) in [6.07, 6.45) is 5.73. The maximum Gasteiger partial charge on any atom is 0.151 e. The van der Waals surface area contributed by atoms with E-state index in [1.807, 2.05) is 6.92 Å². The Bertz CT molecular complexity index is 249. The maximum atomic E-state index is 11.4. The molecular weight excluding hydrogens is 210 g/mol. The van der Waals surface area contributed by atoms with Crippen molar-refractivity contribution in [1.29, 1.82) is 0 Å². The summed E-state index contributed by atoms with van der Waals surface area (Å²) in [5, 5.41) is 2.99. The highest BCUT2D eigenvalue weighted by atomic mass is 32.2. The van der Waals surface area contributed by atoms with Crippen LogP contribution in [0.3, 0.4) is 0 Å². The summed E-state index contributed by atoms with van der Waals surface area (Å²) in [5.74, 6) is 0. The summed E-state index contributed by atoms with van der Waals surface area (Å²) in [5.41, 5.74) is 0. The maximum absolute atomic E-state index is 11.4. The van der Waals surface area contributed by atoms with Gasteiger partial charge in [-0.3, -0.25) is 0 Å². The Hall–Kier alpha value is -0.0900. The first-order chi connectivity index (χ1) is 6.93. The van der Waals surface area contributed by atoms with Gasteiger partial charge < -0.3 is 5.32 Å². The lowest BCUT2D eigenvalue weighted by Crippen LogP contribution is -2.42.